The Morgan fingerprint density at radius 2 is 1.76 bits per heavy atom. The summed E-state index contributed by atoms with van der Waals surface area (Å²) < 4.78 is 26.0. The molecule has 1 atom stereocenters. The van der Waals surface area contributed by atoms with E-state index in [0.29, 0.717) is 10.2 Å². The molecule has 0 aliphatic rings. The Bertz CT molecular complexity index is 851. The van der Waals surface area contributed by atoms with Gasteiger partial charge in [0, 0.05) is 4.47 Å². The van der Waals surface area contributed by atoms with E-state index in [1.54, 1.807) is 24.3 Å². The summed E-state index contributed by atoms with van der Waals surface area (Å²) in [5.74, 6) is -0.366. The van der Waals surface area contributed by atoms with Crippen LogP contribution < -0.4 is 9.62 Å². The number of anilines is 1. The van der Waals surface area contributed by atoms with Crippen molar-refractivity contribution in [2.75, 3.05) is 17.1 Å². The molecule has 7 heteroatoms. The summed E-state index contributed by atoms with van der Waals surface area (Å²) in [4.78, 5) is 12.4. The average molecular weight is 425 g/mol. The van der Waals surface area contributed by atoms with Crippen LogP contribution in [0.2, 0.25) is 0 Å². The van der Waals surface area contributed by atoms with E-state index in [0.717, 1.165) is 21.7 Å². The number of rotatable bonds is 6. The Hall–Kier alpha value is -1.86. The zero-order valence-electron chi connectivity index (χ0n) is 14.4. The molecule has 2 aromatic carbocycles. The van der Waals surface area contributed by atoms with Gasteiger partial charge in [-0.3, -0.25) is 9.10 Å². The Labute approximate surface area is 157 Å². The minimum absolute atomic E-state index is 0.214. The Morgan fingerprint density at radius 1 is 1.16 bits per heavy atom. The van der Waals surface area contributed by atoms with Crippen molar-refractivity contribution in [3.05, 3.63) is 64.1 Å². The maximum Gasteiger partial charge on any atom is 0.241 e. The number of halogens is 1. The van der Waals surface area contributed by atoms with Gasteiger partial charge in [0.15, 0.2) is 0 Å². The highest BCUT2D eigenvalue weighted by Gasteiger charge is 2.23. The molecule has 134 valence electrons. The summed E-state index contributed by atoms with van der Waals surface area (Å²) >= 11 is 3.34. The van der Waals surface area contributed by atoms with Crippen molar-refractivity contribution in [1.29, 1.82) is 0 Å². The number of nitrogens with zero attached hydrogens (tertiary/aromatic N) is 1. The van der Waals surface area contributed by atoms with Crippen LogP contribution in [0.1, 0.15) is 24.1 Å². The van der Waals surface area contributed by atoms with Crippen molar-refractivity contribution < 1.29 is 13.2 Å². The molecule has 1 N–H and O–H groups in total. The lowest BCUT2D eigenvalue weighted by Gasteiger charge is -2.24. The first-order valence-electron chi connectivity index (χ1n) is 7.76. The van der Waals surface area contributed by atoms with Crippen LogP contribution in [0.4, 0.5) is 5.69 Å². The summed E-state index contributed by atoms with van der Waals surface area (Å²) in [5.41, 5.74) is 2.54. The summed E-state index contributed by atoms with van der Waals surface area (Å²) in [6.07, 6.45) is 1.09. The Kier molecular flexibility index (Phi) is 6.24. The van der Waals surface area contributed by atoms with Crippen molar-refractivity contribution in [3.8, 4) is 0 Å². The van der Waals surface area contributed by atoms with Gasteiger partial charge >= 0.3 is 0 Å². The molecular weight excluding hydrogens is 404 g/mol. The predicted octanol–water partition coefficient (Wildman–Crippen LogP) is 3.40. The van der Waals surface area contributed by atoms with Crippen LogP contribution in [-0.2, 0) is 14.8 Å². The molecular formula is C18H21BrN2O3S. The number of hydrogen-bond acceptors (Lipinski definition) is 3. The normalized spacial score (nSPS) is 12.5. The van der Waals surface area contributed by atoms with E-state index in [1.165, 1.54) is 0 Å². The lowest BCUT2D eigenvalue weighted by molar-refractivity contribution is -0.120. The lowest BCUT2D eigenvalue weighted by atomic mass is 10.1. The largest absolute Gasteiger partial charge is 0.348 e. The topological polar surface area (TPSA) is 66.5 Å². The van der Waals surface area contributed by atoms with E-state index in [9.17, 15) is 13.2 Å². The van der Waals surface area contributed by atoms with E-state index in [4.69, 9.17) is 0 Å². The first-order valence-corrected chi connectivity index (χ1v) is 10.4. The number of carbonyl (C=O) groups excluding carboxylic acids is 1. The number of sulfonamides is 1. The fourth-order valence-electron chi connectivity index (χ4n) is 2.39. The van der Waals surface area contributed by atoms with E-state index in [2.05, 4.69) is 21.2 Å². The predicted molar refractivity (Wildman–Crippen MR) is 104 cm³/mol. The second kappa shape index (κ2) is 8.01. The minimum atomic E-state index is -3.60. The van der Waals surface area contributed by atoms with Crippen LogP contribution in [0.3, 0.4) is 0 Å². The summed E-state index contributed by atoms with van der Waals surface area (Å²) in [5, 5.41) is 2.85. The molecule has 0 saturated heterocycles. The number of amides is 1. The van der Waals surface area contributed by atoms with Crippen molar-refractivity contribution in [2.24, 2.45) is 0 Å². The van der Waals surface area contributed by atoms with Gasteiger partial charge in [-0.2, -0.15) is 0 Å². The molecule has 0 bridgehead atoms. The monoisotopic (exact) mass is 424 g/mol. The van der Waals surface area contributed by atoms with Gasteiger partial charge in [-0.1, -0.05) is 42.0 Å². The van der Waals surface area contributed by atoms with Gasteiger partial charge in [0.1, 0.15) is 6.54 Å². The third-order valence-electron chi connectivity index (χ3n) is 3.76. The summed E-state index contributed by atoms with van der Waals surface area (Å²) in [6, 6.07) is 14.5. The van der Waals surface area contributed by atoms with Gasteiger partial charge in [-0.25, -0.2) is 8.42 Å². The van der Waals surface area contributed by atoms with Crippen LogP contribution >= 0.6 is 15.9 Å². The molecule has 25 heavy (non-hydrogen) atoms. The van der Waals surface area contributed by atoms with E-state index in [-0.39, 0.29) is 18.5 Å². The number of benzene rings is 2. The number of aryl methyl sites for hydroxylation is 1. The Balaban J connectivity index is 2.15. The zero-order valence-corrected chi connectivity index (χ0v) is 16.8. The number of para-hydroxylation sites is 1. The van der Waals surface area contributed by atoms with Gasteiger partial charge in [0.05, 0.1) is 18.0 Å². The SMILES string of the molecule is Cc1ccc(C(C)NC(=O)CN(c2ccccc2Br)S(C)(=O)=O)cc1. The van der Waals surface area contributed by atoms with E-state index >= 15 is 0 Å². The molecule has 1 amide bonds. The van der Waals surface area contributed by atoms with Crippen molar-refractivity contribution >= 4 is 37.5 Å². The van der Waals surface area contributed by atoms with Crippen molar-refractivity contribution in [3.63, 3.8) is 0 Å². The van der Waals surface area contributed by atoms with Crippen LogP contribution in [0, 0.1) is 6.92 Å². The fourth-order valence-corrected chi connectivity index (χ4v) is 3.88. The summed E-state index contributed by atoms with van der Waals surface area (Å²) in [6.45, 7) is 3.58. The van der Waals surface area contributed by atoms with Crippen molar-refractivity contribution in [1.82, 2.24) is 5.32 Å². The first-order chi connectivity index (χ1) is 11.7. The quantitative estimate of drug-likeness (QED) is 0.772. The average Bonchev–Trinajstić information content (AvgIpc) is 2.53. The molecule has 0 heterocycles. The maximum absolute atomic E-state index is 12.4. The number of nitrogens with one attached hydrogen (secondary N) is 1. The van der Waals surface area contributed by atoms with Gasteiger partial charge in [-0.05, 0) is 47.5 Å². The molecule has 0 spiro atoms. The van der Waals surface area contributed by atoms with Gasteiger partial charge in [0.25, 0.3) is 0 Å². The second-order valence-corrected chi connectivity index (χ2v) is 8.68. The fraction of sp³-hybridized carbons (Fsp3) is 0.278. The third-order valence-corrected chi connectivity index (χ3v) is 5.56. The molecule has 0 aromatic heterocycles. The molecule has 2 rings (SSSR count). The minimum Gasteiger partial charge on any atom is -0.348 e. The van der Waals surface area contributed by atoms with E-state index < -0.39 is 10.0 Å². The van der Waals surface area contributed by atoms with Crippen LogP contribution in [0.5, 0.6) is 0 Å². The third kappa shape index (κ3) is 5.31. The smallest absolute Gasteiger partial charge is 0.241 e. The molecule has 5 nitrogen and oxygen atoms in total. The maximum atomic E-state index is 12.4. The molecule has 2 aromatic rings. The molecule has 0 aliphatic heterocycles. The number of hydrogen-bond donors (Lipinski definition) is 1. The van der Waals surface area contributed by atoms with Crippen LogP contribution in [-0.4, -0.2) is 27.1 Å². The standard InChI is InChI=1S/C18H21BrN2O3S/c1-13-8-10-15(11-9-13)14(2)20-18(22)12-21(25(3,23)24)17-7-5-4-6-16(17)19/h4-11,14H,12H2,1-3H3,(H,20,22). The Morgan fingerprint density at radius 3 is 2.32 bits per heavy atom. The first kappa shape index (κ1) is 19.5. The highest BCUT2D eigenvalue weighted by Crippen LogP contribution is 2.27. The molecule has 0 saturated carbocycles. The zero-order chi connectivity index (χ0) is 18.6. The molecule has 0 aliphatic carbocycles. The molecule has 0 radical (unpaired) electrons. The second-order valence-electron chi connectivity index (χ2n) is 5.92. The van der Waals surface area contributed by atoms with Crippen LogP contribution in [0.15, 0.2) is 53.0 Å². The van der Waals surface area contributed by atoms with Gasteiger partial charge in [0.2, 0.25) is 15.9 Å². The van der Waals surface area contributed by atoms with Gasteiger partial charge < -0.3 is 5.32 Å². The molecule has 0 fully saturated rings. The van der Waals surface area contributed by atoms with Gasteiger partial charge in [-0.15, -0.1) is 0 Å². The highest BCUT2D eigenvalue weighted by molar-refractivity contribution is 9.10. The highest BCUT2D eigenvalue weighted by atomic mass is 79.9. The summed E-state index contributed by atoms with van der Waals surface area (Å²) in [7, 11) is -3.60. The molecule has 1 unspecified atom stereocenters. The van der Waals surface area contributed by atoms with E-state index in [1.807, 2.05) is 38.1 Å². The number of carbonyl (C=O) groups is 1. The van der Waals surface area contributed by atoms with Crippen LogP contribution in [0.25, 0.3) is 0 Å². The van der Waals surface area contributed by atoms with Crippen molar-refractivity contribution in [2.45, 2.75) is 19.9 Å². The lowest BCUT2D eigenvalue weighted by Crippen LogP contribution is -2.41.